The monoisotopic (exact) mass is 423 g/mol. The van der Waals surface area contributed by atoms with Gasteiger partial charge in [-0.15, -0.1) is 36.2 Å². The number of hydrogen-bond acceptors (Lipinski definition) is 5. The molecule has 2 fully saturated rings. The van der Waals surface area contributed by atoms with Gasteiger partial charge in [-0.05, 0) is 37.8 Å². The van der Waals surface area contributed by atoms with Crippen LogP contribution >= 0.6 is 47.8 Å². The van der Waals surface area contributed by atoms with Gasteiger partial charge in [-0.1, -0.05) is 11.6 Å². The second kappa shape index (κ2) is 8.55. The summed E-state index contributed by atoms with van der Waals surface area (Å²) in [5.41, 5.74) is 0.511. The summed E-state index contributed by atoms with van der Waals surface area (Å²) in [7, 11) is 1.99. The van der Waals surface area contributed by atoms with E-state index in [1.807, 2.05) is 17.8 Å². The molecule has 5 nitrogen and oxygen atoms in total. The molecular weight excluding hydrogens is 401 g/mol. The normalized spacial score (nSPS) is 21.0. The molecule has 1 unspecified atom stereocenters. The summed E-state index contributed by atoms with van der Waals surface area (Å²) in [6.45, 7) is 4.04. The highest BCUT2D eigenvalue weighted by molar-refractivity contribution is 7.09. The van der Waals surface area contributed by atoms with Crippen LogP contribution in [-0.4, -0.2) is 38.6 Å². The lowest BCUT2D eigenvalue weighted by Gasteiger charge is -2.29. The van der Waals surface area contributed by atoms with Gasteiger partial charge >= 0.3 is 0 Å². The fourth-order valence-corrected chi connectivity index (χ4v) is 4.63. The van der Waals surface area contributed by atoms with Gasteiger partial charge in [-0.25, -0.2) is 9.97 Å². The number of halogens is 3. The van der Waals surface area contributed by atoms with Crippen LogP contribution in [-0.2, 0) is 20.1 Å². The zero-order valence-corrected chi connectivity index (χ0v) is 17.4. The Labute approximate surface area is 170 Å². The van der Waals surface area contributed by atoms with Crippen LogP contribution in [0.25, 0.3) is 0 Å². The van der Waals surface area contributed by atoms with E-state index in [4.69, 9.17) is 11.6 Å². The fourth-order valence-electron chi connectivity index (χ4n) is 3.84. The van der Waals surface area contributed by atoms with Crippen LogP contribution < -0.4 is 5.32 Å². The highest BCUT2D eigenvalue weighted by atomic mass is 35.5. The SMILES string of the molecule is Cl.Cl.Cn1c(Cl)cnc1CN(Cc1nccs1)C1CC12CCNCC2. The largest absolute Gasteiger partial charge is 0.321 e. The molecule has 1 saturated heterocycles. The Balaban J connectivity index is 0.00000113. The molecule has 1 N–H and O–H groups in total. The Morgan fingerprint density at radius 2 is 2.08 bits per heavy atom. The predicted molar refractivity (Wildman–Crippen MR) is 107 cm³/mol. The van der Waals surface area contributed by atoms with Gasteiger partial charge in [0.05, 0.1) is 19.3 Å². The first kappa shape index (κ1) is 20.9. The molecule has 1 spiro atoms. The second-order valence-electron chi connectivity index (χ2n) is 6.72. The molecule has 0 amide bonds. The minimum atomic E-state index is 0. The minimum Gasteiger partial charge on any atom is -0.321 e. The van der Waals surface area contributed by atoms with Crippen LogP contribution in [0.3, 0.4) is 0 Å². The van der Waals surface area contributed by atoms with Crippen molar-refractivity contribution in [3.8, 4) is 0 Å². The molecule has 1 atom stereocenters. The quantitative estimate of drug-likeness (QED) is 0.797. The number of imidazole rings is 1. The highest BCUT2D eigenvalue weighted by Crippen LogP contribution is 2.56. The summed E-state index contributed by atoms with van der Waals surface area (Å²) in [6, 6.07) is 0.643. The molecule has 0 aromatic carbocycles. The van der Waals surface area contributed by atoms with E-state index in [1.54, 1.807) is 17.5 Å². The second-order valence-corrected chi connectivity index (χ2v) is 8.09. The van der Waals surface area contributed by atoms with Crippen molar-refractivity contribution in [1.82, 2.24) is 24.8 Å². The van der Waals surface area contributed by atoms with Gasteiger partial charge in [0.1, 0.15) is 16.0 Å². The van der Waals surface area contributed by atoms with E-state index in [0.717, 1.165) is 32.0 Å². The number of thiazole rings is 1. The smallest absolute Gasteiger partial charge is 0.128 e. The first-order valence-corrected chi connectivity index (χ1v) is 9.43. The van der Waals surface area contributed by atoms with E-state index in [9.17, 15) is 0 Å². The van der Waals surface area contributed by atoms with Crippen molar-refractivity contribution in [3.63, 3.8) is 0 Å². The number of piperidine rings is 1. The lowest BCUT2D eigenvalue weighted by atomic mass is 9.93. The van der Waals surface area contributed by atoms with Crippen molar-refractivity contribution in [2.75, 3.05) is 13.1 Å². The molecule has 2 aromatic rings. The van der Waals surface area contributed by atoms with Crippen LogP contribution in [0, 0.1) is 5.41 Å². The topological polar surface area (TPSA) is 46.0 Å². The summed E-state index contributed by atoms with van der Waals surface area (Å²) < 4.78 is 1.98. The van der Waals surface area contributed by atoms with Crippen molar-refractivity contribution >= 4 is 47.8 Å². The van der Waals surface area contributed by atoms with Crippen molar-refractivity contribution in [1.29, 1.82) is 0 Å². The Hall–Kier alpha value is -0.370. The highest BCUT2D eigenvalue weighted by Gasteiger charge is 2.56. The average molecular weight is 425 g/mol. The summed E-state index contributed by atoms with van der Waals surface area (Å²) in [4.78, 5) is 11.5. The molecular formula is C16H24Cl3N5S. The molecule has 0 radical (unpaired) electrons. The number of hydrogen-bond donors (Lipinski definition) is 1. The lowest BCUT2D eigenvalue weighted by Crippen LogP contribution is -2.36. The molecule has 25 heavy (non-hydrogen) atoms. The Bertz CT molecular complexity index is 669. The van der Waals surface area contributed by atoms with E-state index in [2.05, 4.69) is 25.6 Å². The Morgan fingerprint density at radius 3 is 2.68 bits per heavy atom. The third kappa shape index (κ3) is 4.31. The summed E-state index contributed by atoms with van der Waals surface area (Å²) in [5, 5.41) is 7.42. The molecule has 1 saturated carbocycles. The Kier molecular flexibility index (Phi) is 7.16. The van der Waals surface area contributed by atoms with Gasteiger partial charge in [-0.3, -0.25) is 4.90 Å². The van der Waals surface area contributed by atoms with E-state index < -0.39 is 0 Å². The van der Waals surface area contributed by atoms with E-state index in [1.165, 1.54) is 24.3 Å². The van der Waals surface area contributed by atoms with Crippen molar-refractivity contribution in [2.45, 2.75) is 38.4 Å². The molecule has 9 heteroatoms. The number of rotatable bonds is 5. The number of nitrogens with zero attached hydrogens (tertiary/aromatic N) is 4. The number of aromatic nitrogens is 3. The van der Waals surface area contributed by atoms with Crippen molar-refractivity contribution < 1.29 is 0 Å². The maximum atomic E-state index is 6.16. The maximum absolute atomic E-state index is 6.16. The molecule has 2 aliphatic rings. The minimum absolute atomic E-state index is 0. The van der Waals surface area contributed by atoms with E-state index in [0.29, 0.717) is 16.6 Å². The van der Waals surface area contributed by atoms with Crippen LogP contribution in [0.5, 0.6) is 0 Å². The maximum Gasteiger partial charge on any atom is 0.128 e. The molecule has 4 rings (SSSR count). The lowest BCUT2D eigenvalue weighted by molar-refractivity contribution is 0.182. The van der Waals surface area contributed by atoms with Crippen LogP contribution in [0.1, 0.15) is 30.1 Å². The third-order valence-electron chi connectivity index (χ3n) is 5.38. The van der Waals surface area contributed by atoms with Gasteiger partial charge in [-0.2, -0.15) is 0 Å². The molecule has 1 aliphatic heterocycles. The van der Waals surface area contributed by atoms with Gasteiger partial charge < -0.3 is 9.88 Å². The summed E-state index contributed by atoms with van der Waals surface area (Å²) >= 11 is 7.89. The molecule has 3 heterocycles. The van der Waals surface area contributed by atoms with E-state index in [-0.39, 0.29) is 24.8 Å². The first-order chi connectivity index (χ1) is 11.2. The average Bonchev–Trinajstić information content (AvgIpc) is 2.88. The number of nitrogens with one attached hydrogen (secondary N) is 1. The standard InChI is InChI=1S/C16H22ClN5S.2ClH/c1-21-13(17)9-20-14(21)10-22(11-15-19-6-7-23-15)12-8-16(12)2-4-18-5-3-16;;/h6-7,9,12,18H,2-5,8,10-11H2,1H3;2*1H. The van der Waals surface area contributed by atoms with Crippen molar-refractivity contribution in [3.05, 3.63) is 33.8 Å². The van der Waals surface area contributed by atoms with Crippen LogP contribution in [0.4, 0.5) is 0 Å². The molecule has 2 aromatic heterocycles. The third-order valence-corrected chi connectivity index (χ3v) is 6.50. The zero-order valence-electron chi connectivity index (χ0n) is 14.2. The van der Waals surface area contributed by atoms with Gasteiger partial charge in [0.25, 0.3) is 0 Å². The van der Waals surface area contributed by atoms with Crippen LogP contribution in [0.2, 0.25) is 5.15 Å². The molecule has 0 bridgehead atoms. The van der Waals surface area contributed by atoms with Gasteiger partial charge in [0, 0.05) is 24.7 Å². The summed E-state index contributed by atoms with van der Waals surface area (Å²) in [6.07, 6.45) is 7.51. The molecule has 1 aliphatic carbocycles. The van der Waals surface area contributed by atoms with E-state index >= 15 is 0 Å². The Morgan fingerprint density at radius 1 is 1.32 bits per heavy atom. The first-order valence-electron chi connectivity index (χ1n) is 8.17. The van der Waals surface area contributed by atoms with Gasteiger partial charge in [0.15, 0.2) is 0 Å². The summed E-state index contributed by atoms with van der Waals surface area (Å²) in [5.74, 6) is 1.03. The fraction of sp³-hybridized carbons (Fsp3) is 0.625. The molecule has 140 valence electrons. The van der Waals surface area contributed by atoms with Gasteiger partial charge in [0.2, 0.25) is 0 Å². The zero-order chi connectivity index (χ0) is 15.9. The van der Waals surface area contributed by atoms with Crippen molar-refractivity contribution in [2.24, 2.45) is 12.5 Å². The van der Waals surface area contributed by atoms with Crippen LogP contribution in [0.15, 0.2) is 17.8 Å². The predicted octanol–water partition coefficient (Wildman–Crippen LogP) is 3.52.